The number of nitrogens with zero attached hydrogens (tertiary/aromatic N) is 1. The van der Waals surface area contributed by atoms with Crippen molar-refractivity contribution in [2.75, 3.05) is 13.7 Å². The second-order valence-corrected chi connectivity index (χ2v) is 7.10. The highest BCUT2D eigenvalue weighted by molar-refractivity contribution is 5.99. The van der Waals surface area contributed by atoms with Gasteiger partial charge in [-0.25, -0.2) is 0 Å². The van der Waals surface area contributed by atoms with Gasteiger partial charge in [0.25, 0.3) is 5.91 Å². The monoisotopic (exact) mass is 375 g/mol. The molecule has 0 bridgehead atoms. The molecule has 5 heteroatoms. The largest absolute Gasteiger partial charge is 0.490 e. The summed E-state index contributed by atoms with van der Waals surface area (Å²) in [5, 5.41) is 0.494. The van der Waals surface area contributed by atoms with Crippen LogP contribution in [-0.2, 0) is 0 Å². The summed E-state index contributed by atoms with van der Waals surface area (Å²) in [4.78, 5) is 27.7. The number of benzene rings is 2. The second kappa shape index (κ2) is 6.68. The molecule has 3 aromatic rings. The average molecular weight is 375 g/mol. The van der Waals surface area contributed by atoms with Crippen molar-refractivity contribution in [3.8, 4) is 5.75 Å². The summed E-state index contributed by atoms with van der Waals surface area (Å²) in [6.07, 6.45) is 1.66. The third kappa shape index (κ3) is 2.71. The van der Waals surface area contributed by atoms with Crippen LogP contribution in [0.15, 0.2) is 58.3 Å². The molecule has 5 nitrogen and oxygen atoms in total. The molecular formula is C23H21NO4. The minimum absolute atomic E-state index is 0.116. The zero-order valence-corrected chi connectivity index (χ0v) is 16.1. The number of fused-ring (bicyclic) bond motifs is 2. The maximum Gasteiger partial charge on any atom is 0.290 e. The van der Waals surface area contributed by atoms with Crippen LogP contribution in [0.2, 0.25) is 0 Å². The summed E-state index contributed by atoms with van der Waals surface area (Å²) < 4.78 is 11.5. The summed E-state index contributed by atoms with van der Waals surface area (Å²) in [7, 11) is 1.68. The Morgan fingerprint density at radius 2 is 1.93 bits per heavy atom. The number of amides is 1. The van der Waals surface area contributed by atoms with Gasteiger partial charge in [-0.2, -0.15) is 0 Å². The van der Waals surface area contributed by atoms with Gasteiger partial charge in [0.1, 0.15) is 17.9 Å². The molecule has 1 unspecified atom stereocenters. The van der Waals surface area contributed by atoms with Gasteiger partial charge >= 0.3 is 0 Å². The van der Waals surface area contributed by atoms with Crippen LogP contribution >= 0.6 is 0 Å². The molecule has 1 aliphatic rings. The number of ether oxygens (including phenoxy) is 1. The van der Waals surface area contributed by atoms with E-state index in [1.54, 1.807) is 18.0 Å². The van der Waals surface area contributed by atoms with Gasteiger partial charge in [-0.3, -0.25) is 9.59 Å². The average Bonchev–Trinajstić information content (AvgIpc) is 2.93. The van der Waals surface area contributed by atoms with E-state index in [9.17, 15) is 9.59 Å². The SMILES string of the molecule is C=CCOc1cccc(C2c3c(oc4cc(C)c(C)cc4c3=O)C(=O)N2C)c1. The molecule has 2 heterocycles. The van der Waals surface area contributed by atoms with Crippen LogP contribution in [0.3, 0.4) is 0 Å². The van der Waals surface area contributed by atoms with Gasteiger partial charge in [0.2, 0.25) is 5.76 Å². The molecule has 1 atom stereocenters. The highest BCUT2D eigenvalue weighted by Gasteiger charge is 2.40. The van der Waals surface area contributed by atoms with E-state index in [1.807, 2.05) is 50.2 Å². The molecule has 1 aliphatic heterocycles. The number of aryl methyl sites for hydroxylation is 2. The van der Waals surface area contributed by atoms with Crippen molar-refractivity contribution in [3.63, 3.8) is 0 Å². The molecule has 1 aromatic heterocycles. The minimum Gasteiger partial charge on any atom is -0.490 e. The van der Waals surface area contributed by atoms with E-state index in [0.29, 0.717) is 28.9 Å². The van der Waals surface area contributed by atoms with Gasteiger partial charge in [0.15, 0.2) is 5.43 Å². The Balaban J connectivity index is 1.93. The molecule has 28 heavy (non-hydrogen) atoms. The van der Waals surface area contributed by atoms with Crippen molar-refractivity contribution in [1.82, 2.24) is 4.90 Å². The molecule has 0 N–H and O–H groups in total. The smallest absolute Gasteiger partial charge is 0.290 e. The fourth-order valence-electron chi connectivity index (χ4n) is 3.66. The molecule has 0 saturated carbocycles. The van der Waals surface area contributed by atoms with E-state index in [0.717, 1.165) is 16.7 Å². The van der Waals surface area contributed by atoms with E-state index < -0.39 is 6.04 Å². The zero-order valence-electron chi connectivity index (χ0n) is 16.1. The van der Waals surface area contributed by atoms with Gasteiger partial charge < -0.3 is 14.1 Å². The van der Waals surface area contributed by atoms with Crippen LogP contribution in [-0.4, -0.2) is 24.5 Å². The van der Waals surface area contributed by atoms with E-state index in [1.165, 1.54) is 0 Å². The van der Waals surface area contributed by atoms with E-state index >= 15 is 0 Å². The summed E-state index contributed by atoms with van der Waals surface area (Å²) >= 11 is 0. The topological polar surface area (TPSA) is 59.8 Å². The predicted octanol–water partition coefficient (Wildman–Crippen LogP) is 4.15. The summed E-state index contributed by atoms with van der Waals surface area (Å²) in [6.45, 7) is 7.94. The maximum atomic E-state index is 13.3. The number of hydrogen-bond acceptors (Lipinski definition) is 4. The van der Waals surface area contributed by atoms with Crippen molar-refractivity contribution in [3.05, 3.63) is 87.3 Å². The van der Waals surface area contributed by atoms with Gasteiger partial charge in [0.05, 0.1) is 17.0 Å². The Hall–Kier alpha value is -3.34. The Morgan fingerprint density at radius 3 is 2.68 bits per heavy atom. The first-order chi connectivity index (χ1) is 13.4. The first-order valence-electron chi connectivity index (χ1n) is 9.11. The summed E-state index contributed by atoms with van der Waals surface area (Å²) in [6, 6.07) is 10.5. The summed E-state index contributed by atoms with van der Waals surface area (Å²) in [5.41, 5.74) is 3.47. The lowest BCUT2D eigenvalue weighted by atomic mass is 9.97. The fraction of sp³-hybridized carbons (Fsp3) is 0.217. The van der Waals surface area contributed by atoms with E-state index in [4.69, 9.17) is 9.15 Å². The van der Waals surface area contributed by atoms with Crippen molar-refractivity contribution in [2.24, 2.45) is 0 Å². The lowest BCUT2D eigenvalue weighted by Crippen LogP contribution is -2.25. The molecule has 0 saturated heterocycles. The third-order valence-electron chi connectivity index (χ3n) is 5.26. The Labute approximate surface area is 162 Å². The number of carbonyl (C=O) groups excluding carboxylic acids is 1. The predicted molar refractivity (Wildman–Crippen MR) is 108 cm³/mol. The van der Waals surface area contributed by atoms with Crippen molar-refractivity contribution in [1.29, 1.82) is 0 Å². The highest BCUT2D eigenvalue weighted by atomic mass is 16.5. The fourth-order valence-corrected chi connectivity index (χ4v) is 3.66. The molecule has 2 aromatic carbocycles. The van der Waals surface area contributed by atoms with Crippen LogP contribution < -0.4 is 10.2 Å². The van der Waals surface area contributed by atoms with Gasteiger partial charge in [0, 0.05) is 7.05 Å². The molecule has 4 rings (SSSR count). The van der Waals surface area contributed by atoms with Crippen LogP contribution in [0, 0.1) is 13.8 Å². The Bertz CT molecular complexity index is 1180. The molecule has 142 valence electrons. The minimum atomic E-state index is -0.517. The number of rotatable bonds is 4. The van der Waals surface area contributed by atoms with Crippen molar-refractivity contribution in [2.45, 2.75) is 19.9 Å². The zero-order chi connectivity index (χ0) is 20.0. The quantitative estimate of drug-likeness (QED) is 0.643. The molecule has 0 aliphatic carbocycles. The number of carbonyl (C=O) groups is 1. The second-order valence-electron chi connectivity index (χ2n) is 7.10. The van der Waals surface area contributed by atoms with Crippen LogP contribution in [0.5, 0.6) is 5.75 Å². The van der Waals surface area contributed by atoms with Gasteiger partial charge in [-0.1, -0.05) is 24.8 Å². The van der Waals surface area contributed by atoms with Crippen LogP contribution in [0.4, 0.5) is 0 Å². The van der Waals surface area contributed by atoms with Crippen LogP contribution in [0.1, 0.15) is 38.9 Å². The molecular weight excluding hydrogens is 354 g/mol. The Kier molecular flexibility index (Phi) is 4.30. The molecule has 0 fully saturated rings. The lowest BCUT2D eigenvalue weighted by molar-refractivity contribution is 0.0771. The van der Waals surface area contributed by atoms with E-state index in [2.05, 4.69) is 6.58 Å². The van der Waals surface area contributed by atoms with Gasteiger partial charge in [-0.15, -0.1) is 0 Å². The van der Waals surface area contributed by atoms with Crippen molar-refractivity contribution < 1.29 is 13.9 Å². The summed E-state index contributed by atoms with van der Waals surface area (Å²) in [5.74, 6) is 0.476. The third-order valence-corrected chi connectivity index (χ3v) is 5.26. The molecule has 0 radical (unpaired) electrons. The molecule has 0 spiro atoms. The maximum absolute atomic E-state index is 13.3. The standard InChI is InChI=1S/C23H21NO4/c1-5-9-27-16-8-6-7-15(12-16)20-19-21(25)17-10-13(2)14(3)11-18(17)28-22(19)23(26)24(20)4/h5-8,10-12,20H,1,9H2,2-4H3. The molecule has 1 amide bonds. The van der Waals surface area contributed by atoms with E-state index in [-0.39, 0.29) is 17.1 Å². The first-order valence-corrected chi connectivity index (χ1v) is 9.11. The highest BCUT2D eigenvalue weighted by Crippen LogP contribution is 2.38. The van der Waals surface area contributed by atoms with Crippen molar-refractivity contribution >= 4 is 16.9 Å². The first kappa shape index (κ1) is 18.0. The normalized spacial score (nSPS) is 15.8. The Morgan fingerprint density at radius 1 is 1.18 bits per heavy atom. The van der Waals surface area contributed by atoms with Gasteiger partial charge in [-0.05, 0) is 54.8 Å². The van der Waals surface area contributed by atoms with Crippen LogP contribution in [0.25, 0.3) is 11.0 Å². The number of hydrogen-bond donors (Lipinski definition) is 0. The lowest BCUT2D eigenvalue weighted by Gasteiger charge is -2.20.